The van der Waals surface area contributed by atoms with Crippen LogP contribution in [0.5, 0.6) is 0 Å². The highest BCUT2D eigenvalue weighted by molar-refractivity contribution is 9.10. The number of carbonyl (C=O) groups excluding carboxylic acids is 1. The van der Waals surface area contributed by atoms with Crippen LogP contribution in [0.4, 0.5) is 0 Å². The minimum absolute atomic E-state index is 0.235. The first-order valence-corrected chi connectivity index (χ1v) is 7.27. The van der Waals surface area contributed by atoms with Gasteiger partial charge in [0.2, 0.25) is 5.78 Å². The van der Waals surface area contributed by atoms with E-state index in [4.69, 9.17) is 0 Å². The summed E-state index contributed by atoms with van der Waals surface area (Å²) < 4.78 is 0.898. The fraction of sp³-hybridized carbons (Fsp3) is 0.417. The smallest absolute Gasteiger partial charge is 0.201 e. The Hall–Kier alpha value is -0.720. The summed E-state index contributed by atoms with van der Waals surface area (Å²) >= 11 is 4.57. The van der Waals surface area contributed by atoms with E-state index in [0.717, 1.165) is 11.0 Å². The number of hydrogen-bond donors (Lipinski definition) is 0. The van der Waals surface area contributed by atoms with E-state index in [1.165, 1.54) is 11.8 Å². The SMILES string of the molecule is CN(C)CCSC(N=O)C(=O)c1ccc(Br)cc1. The second kappa shape index (κ2) is 7.66. The molecule has 0 amide bonds. The van der Waals surface area contributed by atoms with E-state index in [2.05, 4.69) is 21.1 Å². The molecule has 0 aliphatic rings. The Morgan fingerprint density at radius 3 is 2.50 bits per heavy atom. The van der Waals surface area contributed by atoms with Crippen LogP contribution in [0.15, 0.2) is 33.9 Å². The van der Waals surface area contributed by atoms with Crippen molar-refractivity contribution in [3.63, 3.8) is 0 Å². The van der Waals surface area contributed by atoms with Crippen LogP contribution in [0.2, 0.25) is 0 Å². The van der Waals surface area contributed by atoms with Gasteiger partial charge < -0.3 is 4.90 Å². The van der Waals surface area contributed by atoms with Crippen LogP contribution in [-0.4, -0.2) is 42.4 Å². The van der Waals surface area contributed by atoms with Crippen LogP contribution in [0.25, 0.3) is 0 Å². The molecule has 6 heteroatoms. The molecule has 0 bridgehead atoms. The Kier molecular flexibility index (Phi) is 6.52. The zero-order chi connectivity index (χ0) is 13.5. The van der Waals surface area contributed by atoms with Crippen LogP contribution in [0.3, 0.4) is 0 Å². The number of carbonyl (C=O) groups is 1. The molecule has 0 aliphatic heterocycles. The van der Waals surface area contributed by atoms with Crippen molar-refractivity contribution in [1.29, 1.82) is 0 Å². The van der Waals surface area contributed by atoms with Crippen molar-refractivity contribution in [2.45, 2.75) is 5.37 Å². The van der Waals surface area contributed by atoms with E-state index in [1.807, 2.05) is 19.0 Å². The topological polar surface area (TPSA) is 49.7 Å². The Morgan fingerprint density at radius 2 is 2.00 bits per heavy atom. The number of benzene rings is 1. The Bertz CT molecular complexity index is 409. The molecular weight excluding hydrogens is 316 g/mol. The van der Waals surface area contributed by atoms with Crippen molar-refractivity contribution in [1.82, 2.24) is 4.90 Å². The summed E-state index contributed by atoms with van der Waals surface area (Å²) in [4.78, 5) is 24.8. The highest BCUT2D eigenvalue weighted by atomic mass is 79.9. The maximum absolute atomic E-state index is 12.0. The summed E-state index contributed by atoms with van der Waals surface area (Å²) in [5.41, 5.74) is 0.514. The van der Waals surface area contributed by atoms with Gasteiger partial charge in [0.05, 0.1) is 0 Å². The maximum Gasteiger partial charge on any atom is 0.201 e. The first kappa shape index (κ1) is 15.3. The molecule has 0 N–H and O–H groups in total. The molecule has 1 atom stereocenters. The molecule has 1 rings (SSSR count). The minimum atomic E-state index is -0.855. The van der Waals surface area contributed by atoms with Crippen molar-refractivity contribution in [2.75, 3.05) is 26.4 Å². The van der Waals surface area contributed by atoms with Crippen LogP contribution >= 0.6 is 27.7 Å². The fourth-order valence-electron chi connectivity index (χ4n) is 1.26. The lowest BCUT2D eigenvalue weighted by molar-refractivity contribution is 0.0991. The third kappa shape index (κ3) is 4.88. The third-order valence-electron chi connectivity index (χ3n) is 2.26. The van der Waals surface area contributed by atoms with Gasteiger partial charge in [-0.2, -0.15) is 0 Å². The second-order valence-electron chi connectivity index (χ2n) is 4.00. The number of rotatable bonds is 7. The van der Waals surface area contributed by atoms with Gasteiger partial charge in [0, 0.05) is 22.3 Å². The van der Waals surface area contributed by atoms with E-state index >= 15 is 0 Å². The predicted octanol–water partition coefficient (Wildman–Crippen LogP) is 3.02. The zero-order valence-corrected chi connectivity index (χ0v) is 12.7. The van der Waals surface area contributed by atoms with Gasteiger partial charge >= 0.3 is 0 Å². The van der Waals surface area contributed by atoms with Gasteiger partial charge in [-0.15, -0.1) is 16.7 Å². The lowest BCUT2D eigenvalue weighted by Gasteiger charge is -2.11. The fourth-order valence-corrected chi connectivity index (χ4v) is 2.56. The summed E-state index contributed by atoms with van der Waals surface area (Å²) in [6.45, 7) is 0.810. The monoisotopic (exact) mass is 330 g/mol. The van der Waals surface area contributed by atoms with Crippen LogP contribution < -0.4 is 0 Å². The van der Waals surface area contributed by atoms with Crippen molar-refractivity contribution >= 4 is 33.5 Å². The molecule has 0 radical (unpaired) electrons. The Balaban J connectivity index is 2.61. The molecule has 1 aromatic carbocycles. The van der Waals surface area contributed by atoms with Crippen molar-refractivity contribution in [2.24, 2.45) is 5.18 Å². The number of ketones is 1. The molecule has 0 spiro atoms. The zero-order valence-electron chi connectivity index (χ0n) is 10.3. The number of hydrogen-bond acceptors (Lipinski definition) is 5. The minimum Gasteiger partial charge on any atom is -0.309 e. The molecule has 18 heavy (non-hydrogen) atoms. The van der Waals surface area contributed by atoms with Gasteiger partial charge in [0.25, 0.3) is 0 Å². The Labute approximate surface area is 119 Å². The molecule has 1 aromatic rings. The normalized spacial score (nSPS) is 12.4. The lowest BCUT2D eigenvalue weighted by atomic mass is 10.1. The predicted molar refractivity (Wildman–Crippen MR) is 79.1 cm³/mol. The molecule has 4 nitrogen and oxygen atoms in total. The van der Waals surface area contributed by atoms with Gasteiger partial charge in [-0.3, -0.25) is 4.79 Å². The van der Waals surface area contributed by atoms with Gasteiger partial charge in [0.15, 0.2) is 5.37 Å². The van der Waals surface area contributed by atoms with E-state index < -0.39 is 5.37 Å². The summed E-state index contributed by atoms with van der Waals surface area (Å²) in [7, 11) is 3.89. The molecule has 0 heterocycles. The van der Waals surface area contributed by atoms with E-state index in [-0.39, 0.29) is 5.78 Å². The largest absolute Gasteiger partial charge is 0.309 e. The van der Waals surface area contributed by atoms with Gasteiger partial charge in [-0.25, -0.2) is 0 Å². The number of halogens is 1. The highest BCUT2D eigenvalue weighted by Gasteiger charge is 2.21. The van der Waals surface area contributed by atoms with Crippen LogP contribution in [-0.2, 0) is 0 Å². The average Bonchev–Trinajstić information content (AvgIpc) is 2.34. The second-order valence-corrected chi connectivity index (χ2v) is 6.11. The third-order valence-corrected chi connectivity index (χ3v) is 3.83. The van der Waals surface area contributed by atoms with Crippen molar-refractivity contribution < 1.29 is 4.79 Å². The summed E-state index contributed by atoms with van der Waals surface area (Å²) in [5, 5.41) is 2.06. The maximum atomic E-state index is 12.0. The quantitative estimate of drug-likeness (QED) is 0.569. The molecule has 98 valence electrons. The average molecular weight is 331 g/mol. The van der Waals surface area contributed by atoms with E-state index in [0.29, 0.717) is 11.3 Å². The van der Waals surface area contributed by atoms with E-state index in [9.17, 15) is 9.70 Å². The van der Waals surface area contributed by atoms with E-state index in [1.54, 1.807) is 24.3 Å². The molecule has 0 aromatic heterocycles. The highest BCUT2D eigenvalue weighted by Crippen LogP contribution is 2.19. The number of thioether (sulfide) groups is 1. The summed E-state index contributed by atoms with van der Waals surface area (Å²) in [6.07, 6.45) is 0. The number of nitroso groups, excluding NO2 is 1. The summed E-state index contributed by atoms with van der Waals surface area (Å²) in [6, 6.07) is 6.94. The number of nitrogens with zero attached hydrogens (tertiary/aromatic N) is 2. The Morgan fingerprint density at radius 1 is 1.39 bits per heavy atom. The van der Waals surface area contributed by atoms with Gasteiger partial charge in [0.1, 0.15) is 0 Å². The van der Waals surface area contributed by atoms with Gasteiger partial charge in [-0.05, 0) is 31.4 Å². The van der Waals surface area contributed by atoms with Gasteiger partial charge in [-0.1, -0.05) is 28.1 Å². The molecule has 0 saturated carbocycles. The molecular formula is C12H15BrN2O2S. The first-order valence-electron chi connectivity index (χ1n) is 5.43. The van der Waals surface area contributed by atoms with Crippen LogP contribution in [0, 0.1) is 4.91 Å². The van der Waals surface area contributed by atoms with Crippen LogP contribution in [0.1, 0.15) is 10.4 Å². The molecule has 0 fully saturated rings. The molecule has 1 unspecified atom stereocenters. The molecule has 0 aliphatic carbocycles. The first-order chi connectivity index (χ1) is 8.54. The lowest BCUT2D eigenvalue weighted by Crippen LogP contribution is -2.20. The summed E-state index contributed by atoms with van der Waals surface area (Å²) in [5.74, 6) is 0.465. The number of Topliss-reactive ketones (excluding diaryl/α,β-unsaturated/α-hetero) is 1. The molecule has 0 saturated heterocycles. The van der Waals surface area contributed by atoms with Crippen molar-refractivity contribution in [3.8, 4) is 0 Å². The van der Waals surface area contributed by atoms with Crippen molar-refractivity contribution in [3.05, 3.63) is 39.2 Å². The standard InChI is InChI=1S/C12H15BrN2O2S/c1-15(2)7-8-18-12(14-17)11(16)9-3-5-10(13)6-4-9/h3-6,12H,7-8H2,1-2H3.